The molecule has 5 rings (SSSR count). The number of carbonyl (C=O) groups is 1. The molecular weight excluding hydrogens is 527 g/mol. The summed E-state index contributed by atoms with van der Waals surface area (Å²) < 4.78 is 44.7. The third-order valence-corrected chi connectivity index (χ3v) is 7.46. The van der Waals surface area contributed by atoms with Crippen LogP contribution in [-0.2, 0) is 10.9 Å². The van der Waals surface area contributed by atoms with Gasteiger partial charge in [0.25, 0.3) is 0 Å². The van der Waals surface area contributed by atoms with Crippen molar-refractivity contribution in [2.75, 3.05) is 39.4 Å². The zero-order valence-corrected chi connectivity index (χ0v) is 22.0. The highest BCUT2D eigenvalue weighted by molar-refractivity contribution is 6.30. The summed E-state index contributed by atoms with van der Waals surface area (Å²) in [4.78, 5) is 21.5. The van der Waals surface area contributed by atoms with E-state index in [-0.39, 0.29) is 17.9 Å². The zero-order chi connectivity index (χ0) is 27.4. The fraction of sp³-hybridized carbons (Fsp3) is 0.333. The number of nitrogens with zero attached hydrogens (tertiary/aromatic N) is 3. The predicted molar refractivity (Wildman–Crippen MR) is 145 cm³/mol. The average molecular weight is 556 g/mol. The molecule has 2 saturated heterocycles. The number of piperidine rings is 1. The summed E-state index contributed by atoms with van der Waals surface area (Å²) in [6.07, 6.45) is 2.13. The summed E-state index contributed by atoms with van der Waals surface area (Å²) >= 11 is 6.11. The molecule has 3 heterocycles. The van der Waals surface area contributed by atoms with E-state index in [9.17, 15) is 18.0 Å². The highest BCUT2D eigenvalue weighted by Gasteiger charge is 2.34. The molecule has 0 saturated carbocycles. The van der Waals surface area contributed by atoms with E-state index in [4.69, 9.17) is 16.3 Å². The molecule has 204 valence electrons. The molecule has 0 radical (unpaired) electrons. The minimum atomic E-state index is -4.38. The molecule has 0 N–H and O–H groups in total. The summed E-state index contributed by atoms with van der Waals surface area (Å²) in [7, 11) is 0. The number of benzene rings is 2. The molecular formula is C30H29ClF3N3O2. The van der Waals surface area contributed by atoms with Crippen LogP contribution in [-0.4, -0.2) is 60.2 Å². The van der Waals surface area contributed by atoms with Crippen molar-refractivity contribution in [2.24, 2.45) is 5.92 Å². The van der Waals surface area contributed by atoms with Crippen LogP contribution >= 0.6 is 11.6 Å². The summed E-state index contributed by atoms with van der Waals surface area (Å²) in [6.45, 7) is 3.06. The second-order valence-electron chi connectivity index (χ2n) is 9.94. The van der Waals surface area contributed by atoms with Gasteiger partial charge < -0.3 is 14.5 Å². The number of pyridine rings is 1. The molecule has 5 nitrogen and oxygen atoms in total. The molecule has 2 aliphatic heterocycles. The molecule has 2 unspecified atom stereocenters. The lowest BCUT2D eigenvalue weighted by molar-refractivity contribution is -0.137. The number of morpholine rings is 1. The molecule has 2 amide bonds. The summed E-state index contributed by atoms with van der Waals surface area (Å²) in [6, 6.07) is 16.7. The van der Waals surface area contributed by atoms with Crippen LogP contribution in [0.3, 0.4) is 0 Å². The average Bonchev–Trinajstić information content (AvgIpc) is 2.96. The van der Waals surface area contributed by atoms with E-state index in [0.29, 0.717) is 44.4 Å². The Morgan fingerprint density at radius 1 is 0.974 bits per heavy atom. The van der Waals surface area contributed by atoms with E-state index in [1.807, 2.05) is 47.4 Å². The van der Waals surface area contributed by atoms with Gasteiger partial charge in [-0.2, -0.15) is 13.2 Å². The van der Waals surface area contributed by atoms with Gasteiger partial charge in [0.15, 0.2) is 0 Å². The number of hydrogen-bond donors (Lipinski definition) is 0. The Morgan fingerprint density at radius 2 is 1.74 bits per heavy atom. The summed E-state index contributed by atoms with van der Waals surface area (Å²) in [5, 5.41) is 0.660. The Balaban J connectivity index is 1.34. The van der Waals surface area contributed by atoms with Crippen molar-refractivity contribution in [1.29, 1.82) is 0 Å². The van der Waals surface area contributed by atoms with Crippen molar-refractivity contribution in [3.8, 4) is 11.1 Å². The van der Waals surface area contributed by atoms with Crippen molar-refractivity contribution in [3.63, 3.8) is 0 Å². The standard InChI is InChI=1S/C30H29ClF3N3O2/c31-27-3-1-2-23(17-27)24-7-11-28(35-18-24)10-4-21-16-25(22-5-8-26(9-6-22)30(32,33)34)20-37(19-21)29(38)36-12-14-39-15-13-36/h1-11,17-18,21,25H,12-16,19-20H2. The maximum atomic E-state index is 13.3. The van der Waals surface area contributed by atoms with E-state index in [1.165, 1.54) is 12.1 Å². The minimum Gasteiger partial charge on any atom is -0.378 e. The van der Waals surface area contributed by atoms with Crippen molar-refractivity contribution in [2.45, 2.75) is 18.5 Å². The maximum absolute atomic E-state index is 13.3. The first-order valence-corrected chi connectivity index (χ1v) is 13.3. The van der Waals surface area contributed by atoms with Crippen LogP contribution in [0.4, 0.5) is 18.0 Å². The Hall–Kier alpha value is -3.36. The summed E-state index contributed by atoms with van der Waals surface area (Å²) in [5.41, 5.74) is 2.84. The van der Waals surface area contributed by atoms with E-state index in [1.54, 1.807) is 11.1 Å². The summed E-state index contributed by atoms with van der Waals surface area (Å²) in [5.74, 6) is -0.0655. The van der Waals surface area contributed by atoms with Gasteiger partial charge in [-0.1, -0.05) is 48.0 Å². The molecule has 3 aromatic rings. The number of carbonyl (C=O) groups excluding carboxylic acids is 1. The topological polar surface area (TPSA) is 45.7 Å². The first-order valence-electron chi connectivity index (χ1n) is 13.0. The van der Waals surface area contributed by atoms with Crippen molar-refractivity contribution in [1.82, 2.24) is 14.8 Å². The van der Waals surface area contributed by atoms with Gasteiger partial charge in [-0.25, -0.2) is 4.79 Å². The van der Waals surface area contributed by atoms with Crippen LogP contribution < -0.4 is 0 Å². The molecule has 0 bridgehead atoms. The molecule has 9 heteroatoms. The SMILES string of the molecule is O=C(N1CCOCC1)N1CC(C=Cc2ccc(-c3cccc(Cl)c3)cn2)CC(c2ccc(C(F)(F)F)cc2)C1. The first kappa shape index (κ1) is 27.2. The van der Waals surface area contributed by atoms with Gasteiger partial charge in [-0.15, -0.1) is 0 Å². The van der Waals surface area contributed by atoms with Crippen LogP contribution in [0.1, 0.15) is 29.2 Å². The van der Waals surface area contributed by atoms with Gasteiger partial charge in [0, 0.05) is 48.9 Å². The Kier molecular flexibility index (Phi) is 8.23. The van der Waals surface area contributed by atoms with E-state index >= 15 is 0 Å². The van der Waals surface area contributed by atoms with Gasteiger partial charge >= 0.3 is 12.2 Å². The lowest BCUT2D eigenvalue weighted by Gasteiger charge is -2.40. The van der Waals surface area contributed by atoms with Gasteiger partial charge in [-0.3, -0.25) is 4.98 Å². The number of hydrogen-bond acceptors (Lipinski definition) is 3. The number of ether oxygens (including phenoxy) is 1. The zero-order valence-electron chi connectivity index (χ0n) is 21.3. The second kappa shape index (κ2) is 11.8. The van der Waals surface area contributed by atoms with Crippen LogP contribution in [0.25, 0.3) is 17.2 Å². The van der Waals surface area contributed by atoms with Crippen LogP contribution in [0.2, 0.25) is 5.02 Å². The fourth-order valence-corrected chi connectivity index (χ4v) is 5.34. The monoisotopic (exact) mass is 555 g/mol. The van der Waals surface area contributed by atoms with Crippen LogP contribution in [0.15, 0.2) is 72.9 Å². The molecule has 0 spiro atoms. The lowest BCUT2D eigenvalue weighted by atomic mass is 9.84. The number of halogens is 4. The molecule has 1 aromatic heterocycles. The molecule has 2 atom stereocenters. The Bertz CT molecular complexity index is 1310. The van der Waals surface area contributed by atoms with Crippen LogP contribution in [0.5, 0.6) is 0 Å². The molecule has 2 aliphatic rings. The van der Waals surface area contributed by atoms with Crippen molar-refractivity contribution < 1.29 is 22.7 Å². The number of alkyl halides is 3. The quantitative estimate of drug-likeness (QED) is 0.348. The van der Waals surface area contributed by atoms with Crippen molar-refractivity contribution >= 4 is 23.7 Å². The minimum absolute atomic E-state index is 0.0189. The number of likely N-dealkylation sites (tertiary alicyclic amines) is 1. The van der Waals surface area contributed by atoms with Gasteiger partial charge in [0.2, 0.25) is 0 Å². The largest absolute Gasteiger partial charge is 0.416 e. The third kappa shape index (κ3) is 6.81. The Labute approximate surface area is 230 Å². The van der Waals surface area contributed by atoms with Crippen LogP contribution in [0, 0.1) is 5.92 Å². The second-order valence-corrected chi connectivity index (χ2v) is 10.4. The van der Waals surface area contributed by atoms with Crippen molar-refractivity contribution in [3.05, 3.63) is 94.8 Å². The predicted octanol–water partition coefficient (Wildman–Crippen LogP) is 6.99. The van der Waals surface area contributed by atoms with E-state index < -0.39 is 11.7 Å². The highest BCUT2D eigenvalue weighted by atomic mass is 35.5. The fourth-order valence-electron chi connectivity index (χ4n) is 5.15. The smallest absolute Gasteiger partial charge is 0.378 e. The van der Waals surface area contributed by atoms with E-state index in [0.717, 1.165) is 40.9 Å². The normalized spacial score (nSPS) is 20.4. The van der Waals surface area contributed by atoms with Gasteiger partial charge in [0.1, 0.15) is 0 Å². The number of aromatic nitrogens is 1. The highest BCUT2D eigenvalue weighted by Crippen LogP contribution is 2.35. The first-order chi connectivity index (χ1) is 18.8. The lowest BCUT2D eigenvalue weighted by Crippen LogP contribution is -2.52. The number of rotatable bonds is 4. The molecule has 2 fully saturated rings. The Morgan fingerprint density at radius 3 is 2.41 bits per heavy atom. The van der Waals surface area contributed by atoms with E-state index in [2.05, 4.69) is 11.1 Å². The van der Waals surface area contributed by atoms with Gasteiger partial charge in [-0.05, 0) is 59.9 Å². The number of amides is 2. The number of urea groups is 1. The molecule has 0 aliphatic carbocycles. The molecule has 39 heavy (non-hydrogen) atoms. The molecule has 2 aromatic carbocycles. The maximum Gasteiger partial charge on any atom is 0.416 e. The van der Waals surface area contributed by atoms with Gasteiger partial charge in [0.05, 0.1) is 24.5 Å². The third-order valence-electron chi connectivity index (χ3n) is 7.23.